The zero-order valence-electron chi connectivity index (χ0n) is 13.8. The third-order valence-corrected chi connectivity index (χ3v) is 4.42. The van der Waals surface area contributed by atoms with Crippen LogP contribution in [-0.4, -0.2) is 47.5 Å². The topological polar surface area (TPSA) is 62.7 Å². The fraction of sp³-hybridized carbons (Fsp3) is 0.368. The average Bonchev–Trinajstić information content (AvgIpc) is 2.64. The molecule has 1 aliphatic rings. The van der Waals surface area contributed by atoms with Gasteiger partial charge in [0.2, 0.25) is 5.88 Å². The number of pyridine rings is 1. The smallest absolute Gasteiger partial charge is 0.224 e. The molecule has 5 nitrogen and oxygen atoms in total. The van der Waals surface area contributed by atoms with Crippen LogP contribution in [0.25, 0.3) is 11.1 Å². The predicted octanol–water partition coefficient (Wildman–Crippen LogP) is 2.53. The van der Waals surface area contributed by atoms with E-state index in [-0.39, 0.29) is 12.7 Å². The van der Waals surface area contributed by atoms with E-state index in [1.165, 1.54) is 0 Å². The monoisotopic (exact) mass is 326 g/mol. The minimum absolute atomic E-state index is 0.0153. The second kappa shape index (κ2) is 7.55. The first-order chi connectivity index (χ1) is 11.7. The van der Waals surface area contributed by atoms with Gasteiger partial charge in [0.15, 0.2) is 6.29 Å². The van der Waals surface area contributed by atoms with Crippen LogP contribution < -0.4 is 4.74 Å². The highest BCUT2D eigenvalue weighted by molar-refractivity contribution is 5.81. The molecule has 1 aliphatic heterocycles. The number of aliphatic hydroxyl groups excluding tert-OH is 1. The number of aldehydes is 1. The Hall–Kier alpha value is -2.24. The minimum atomic E-state index is 0.0153. The number of likely N-dealkylation sites (tertiary alicyclic amines) is 1. The number of hydrogen-bond donors (Lipinski definition) is 1. The lowest BCUT2D eigenvalue weighted by atomic mass is 10.0. The summed E-state index contributed by atoms with van der Waals surface area (Å²) in [7, 11) is 2.10. The molecule has 0 saturated carbocycles. The number of hydrogen-bond acceptors (Lipinski definition) is 5. The summed E-state index contributed by atoms with van der Waals surface area (Å²) in [6.07, 6.45) is 4.53. The summed E-state index contributed by atoms with van der Waals surface area (Å²) in [5.41, 5.74) is 3.13. The van der Waals surface area contributed by atoms with Crippen molar-refractivity contribution >= 4 is 6.29 Å². The molecular weight excluding hydrogens is 304 g/mol. The molecule has 0 amide bonds. The van der Waals surface area contributed by atoms with Crippen molar-refractivity contribution in [3.8, 4) is 17.0 Å². The highest BCUT2D eigenvalue weighted by atomic mass is 16.5. The van der Waals surface area contributed by atoms with Crippen molar-refractivity contribution < 1.29 is 14.6 Å². The second-order valence-corrected chi connectivity index (χ2v) is 6.21. The molecule has 2 heterocycles. The maximum Gasteiger partial charge on any atom is 0.224 e. The summed E-state index contributed by atoms with van der Waals surface area (Å²) in [6, 6.07) is 9.35. The van der Waals surface area contributed by atoms with E-state index in [2.05, 4.69) is 16.9 Å². The van der Waals surface area contributed by atoms with Crippen molar-refractivity contribution in [2.45, 2.75) is 25.6 Å². The number of aromatic nitrogens is 1. The van der Waals surface area contributed by atoms with Crippen molar-refractivity contribution in [3.63, 3.8) is 0 Å². The third-order valence-electron chi connectivity index (χ3n) is 4.42. The summed E-state index contributed by atoms with van der Waals surface area (Å²) < 4.78 is 5.95. The Labute approximate surface area is 141 Å². The van der Waals surface area contributed by atoms with Crippen LogP contribution in [0.1, 0.15) is 28.8 Å². The molecule has 3 rings (SSSR count). The van der Waals surface area contributed by atoms with E-state index in [1.54, 1.807) is 12.3 Å². The Balaban J connectivity index is 1.78. The van der Waals surface area contributed by atoms with Gasteiger partial charge in [0.25, 0.3) is 0 Å². The number of nitrogens with zero attached hydrogens (tertiary/aromatic N) is 2. The summed E-state index contributed by atoms with van der Waals surface area (Å²) in [4.78, 5) is 18.1. The molecule has 24 heavy (non-hydrogen) atoms. The lowest BCUT2D eigenvalue weighted by molar-refractivity contribution is 0.104. The minimum Gasteiger partial charge on any atom is -0.474 e. The van der Waals surface area contributed by atoms with E-state index in [0.29, 0.717) is 11.4 Å². The van der Waals surface area contributed by atoms with Gasteiger partial charge in [-0.1, -0.05) is 24.3 Å². The zero-order chi connectivity index (χ0) is 16.9. The molecule has 1 fully saturated rings. The highest BCUT2D eigenvalue weighted by Crippen LogP contribution is 2.26. The second-order valence-electron chi connectivity index (χ2n) is 6.21. The van der Waals surface area contributed by atoms with Crippen LogP contribution >= 0.6 is 0 Å². The Kier molecular flexibility index (Phi) is 5.23. The Morgan fingerprint density at radius 1 is 1.25 bits per heavy atom. The molecule has 0 aliphatic carbocycles. The van der Waals surface area contributed by atoms with Gasteiger partial charge in [-0.05, 0) is 37.1 Å². The number of benzene rings is 1. The first kappa shape index (κ1) is 16.6. The summed E-state index contributed by atoms with van der Waals surface area (Å²) in [5, 5.41) is 9.11. The van der Waals surface area contributed by atoms with Crippen molar-refractivity contribution in [3.05, 3.63) is 47.7 Å². The molecule has 1 aromatic carbocycles. The highest BCUT2D eigenvalue weighted by Gasteiger charge is 2.20. The van der Waals surface area contributed by atoms with Gasteiger partial charge in [0.05, 0.1) is 12.2 Å². The van der Waals surface area contributed by atoms with Gasteiger partial charge in [0.1, 0.15) is 6.10 Å². The Morgan fingerprint density at radius 2 is 1.96 bits per heavy atom. The van der Waals surface area contributed by atoms with Crippen LogP contribution in [0.5, 0.6) is 5.88 Å². The van der Waals surface area contributed by atoms with Crippen molar-refractivity contribution in [1.29, 1.82) is 0 Å². The first-order valence-electron chi connectivity index (χ1n) is 8.20. The molecule has 1 saturated heterocycles. The van der Waals surface area contributed by atoms with Crippen molar-refractivity contribution in [2.24, 2.45) is 0 Å². The van der Waals surface area contributed by atoms with E-state index >= 15 is 0 Å². The van der Waals surface area contributed by atoms with Gasteiger partial charge in [0, 0.05) is 24.8 Å². The molecule has 0 atom stereocenters. The number of carbonyl (C=O) groups excluding carboxylic acids is 1. The van der Waals surface area contributed by atoms with E-state index in [4.69, 9.17) is 9.84 Å². The van der Waals surface area contributed by atoms with Gasteiger partial charge >= 0.3 is 0 Å². The maximum atomic E-state index is 11.4. The zero-order valence-corrected chi connectivity index (χ0v) is 13.8. The largest absolute Gasteiger partial charge is 0.474 e. The molecular formula is C19H22N2O3. The lowest BCUT2D eigenvalue weighted by Crippen LogP contribution is -2.35. The molecule has 1 aromatic heterocycles. The van der Waals surface area contributed by atoms with E-state index in [0.717, 1.165) is 48.9 Å². The SMILES string of the molecule is CN1CCC(Oc2ncc(-c3ccc(CO)cc3)cc2C=O)CC1. The maximum absolute atomic E-state index is 11.4. The molecule has 5 heteroatoms. The van der Waals surface area contributed by atoms with Crippen LogP contribution in [0.2, 0.25) is 0 Å². The van der Waals surface area contributed by atoms with Gasteiger partial charge in [-0.2, -0.15) is 0 Å². The van der Waals surface area contributed by atoms with Crippen LogP contribution in [0.15, 0.2) is 36.5 Å². The van der Waals surface area contributed by atoms with Crippen LogP contribution in [0.3, 0.4) is 0 Å². The van der Waals surface area contributed by atoms with E-state index < -0.39 is 0 Å². The van der Waals surface area contributed by atoms with Gasteiger partial charge < -0.3 is 14.7 Å². The van der Waals surface area contributed by atoms with Gasteiger partial charge in [-0.15, -0.1) is 0 Å². The molecule has 0 bridgehead atoms. The summed E-state index contributed by atoms with van der Waals surface area (Å²) >= 11 is 0. The number of carbonyl (C=O) groups is 1. The van der Waals surface area contributed by atoms with Crippen LogP contribution in [0, 0.1) is 0 Å². The van der Waals surface area contributed by atoms with Crippen molar-refractivity contribution in [1.82, 2.24) is 9.88 Å². The number of ether oxygens (including phenoxy) is 1. The lowest BCUT2D eigenvalue weighted by Gasteiger charge is -2.29. The average molecular weight is 326 g/mol. The Morgan fingerprint density at radius 3 is 2.58 bits per heavy atom. The number of piperidine rings is 1. The van der Waals surface area contributed by atoms with Gasteiger partial charge in [-0.3, -0.25) is 4.79 Å². The summed E-state index contributed by atoms with van der Waals surface area (Å²) in [6.45, 7) is 2.01. The standard InChI is InChI=1S/C19H22N2O3/c1-21-8-6-18(7-9-21)24-19-17(13-23)10-16(11-20-19)15-4-2-14(12-22)3-5-15/h2-5,10-11,13,18,22H,6-9,12H2,1H3. The van der Waals surface area contributed by atoms with Crippen LogP contribution in [-0.2, 0) is 6.61 Å². The van der Waals surface area contributed by atoms with Gasteiger partial charge in [-0.25, -0.2) is 4.98 Å². The fourth-order valence-electron chi connectivity index (χ4n) is 2.87. The summed E-state index contributed by atoms with van der Waals surface area (Å²) in [5.74, 6) is 0.412. The number of rotatable bonds is 5. The fourth-order valence-corrected chi connectivity index (χ4v) is 2.87. The number of aliphatic hydroxyl groups is 1. The predicted molar refractivity (Wildman–Crippen MR) is 92.1 cm³/mol. The van der Waals surface area contributed by atoms with Crippen LogP contribution in [0.4, 0.5) is 0 Å². The molecule has 0 unspecified atom stereocenters. The molecule has 1 N–H and O–H groups in total. The normalized spacial score (nSPS) is 16.1. The van der Waals surface area contributed by atoms with E-state index in [1.807, 2.05) is 24.3 Å². The first-order valence-corrected chi connectivity index (χ1v) is 8.20. The quantitative estimate of drug-likeness (QED) is 0.856. The molecule has 2 aromatic rings. The molecule has 0 radical (unpaired) electrons. The van der Waals surface area contributed by atoms with Crippen molar-refractivity contribution in [2.75, 3.05) is 20.1 Å². The van der Waals surface area contributed by atoms with E-state index in [9.17, 15) is 4.79 Å². The molecule has 126 valence electrons. The molecule has 0 spiro atoms. The third kappa shape index (κ3) is 3.80. The Bertz CT molecular complexity index is 692.